The standard InChI is InChI=1S/C12H9BrS/c13-8-2-1-4-10-5-3-6-12-11(10)7-9-14-12/h3,5-7,9H,2,8H2. The van der Waals surface area contributed by atoms with E-state index in [9.17, 15) is 0 Å². The lowest BCUT2D eigenvalue weighted by Gasteiger charge is -1.92. The fourth-order valence-corrected chi connectivity index (χ4v) is 2.32. The van der Waals surface area contributed by atoms with Crippen molar-refractivity contribution in [3.63, 3.8) is 0 Å². The first kappa shape index (κ1) is 9.76. The molecule has 0 bridgehead atoms. The van der Waals surface area contributed by atoms with E-state index in [1.807, 2.05) is 0 Å². The highest BCUT2D eigenvalue weighted by Gasteiger charge is 1.97. The number of hydrogen-bond donors (Lipinski definition) is 0. The Morgan fingerprint density at radius 3 is 3.07 bits per heavy atom. The van der Waals surface area contributed by atoms with Crippen LogP contribution in [0.2, 0.25) is 0 Å². The Balaban J connectivity index is 2.43. The second-order valence-corrected chi connectivity index (χ2v) is 4.62. The van der Waals surface area contributed by atoms with E-state index >= 15 is 0 Å². The second kappa shape index (κ2) is 4.63. The van der Waals surface area contributed by atoms with Gasteiger partial charge in [-0.1, -0.05) is 33.8 Å². The highest BCUT2D eigenvalue weighted by atomic mass is 79.9. The lowest BCUT2D eigenvalue weighted by Crippen LogP contribution is -1.75. The summed E-state index contributed by atoms with van der Waals surface area (Å²) in [6.07, 6.45) is 0.903. The van der Waals surface area contributed by atoms with Crippen molar-refractivity contribution >= 4 is 37.4 Å². The highest BCUT2D eigenvalue weighted by Crippen LogP contribution is 2.23. The molecule has 0 nitrogen and oxygen atoms in total. The Labute approximate surface area is 96.1 Å². The van der Waals surface area contributed by atoms with Crippen molar-refractivity contribution in [2.75, 3.05) is 5.33 Å². The molecule has 0 N–H and O–H groups in total. The Bertz CT molecular complexity index is 487. The third-order valence-corrected chi connectivity index (χ3v) is 3.22. The Morgan fingerprint density at radius 1 is 1.29 bits per heavy atom. The van der Waals surface area contributed by atoms with Gasteiger partial charge in [-0.15, -0.1) is 11.3 Å². The highest BCUT2D eigenvalue weighted by molar-refractivity contribution is 9.09. The molecule has 0 unspecified atom stereocenters. The van der Waals surface area contributed by atoms with E-state index in [4.69, 9.17) is 0 Å². The van der Waals surface area contributed by atoms with E-state index in [0.29, 0.717) is 0 Å². The summed E-state index contributed by atoms with van der Waals surface area (Å²) in [5.41, 5.74) is 1.14. The number of fused-ring (bicyclic) bond motifs is 1. The van der Waals surface area contributed by atoms with Crippen LogP contribution in [0.4, 0.5) is 0 Å². The first-order valence-corrected chi connectivity index (χ1v) is 6.43. The molecule has 1 aromatic carbocycles. The Hall–Kier alpha value is -0.780. The first-order valence-electron chi connectivity index (χ1n) is 4.43. The van der Waals surface area contributed by atoms with Crippen LogP contribution in [0, 0.1) is 11.8 Å². The van der Waals surface area contributed by atoms with Crippen molar-refractivity contribution in [1.29, 1.82) is 0 Å². The lowest BCUT2D eigenvalue weighted by molar-refractivity contribution is 1.32. The van der Waals surface area contributed by atoms with Crippen molar-refractivity contribution < 1.29 is 0 Å². The molecule has 0 fully saturated rings. The van der Waals surface area contributed by atoms with Gasteiger partial charge in [-0.3, -0.25) is 0 Å². The molecule has 0 aliphatic heterocycles. The van der Waals surface area contributed by atoms with E-state index in [0.717, 1.165) is 17.3 Å². The molecule has 2 rings (SSSR count). The van der Waals surface area contributed by atoms with Crippen LogP contribution in [-0.4, -0.2) is 5.33 Å². The maximum Gasteiger partial charge on any atom is 0.0355 e. The molecule has 0 aliphatic carbocycles. The van der Waals surface area contributed by atoms with Crippen LogP contribution in [0.15, 0.2) is 29.6 Å². The van der Waals surface area contributed by atoms with Gasteiger partial charge in [-0.25, -0.2) is 0 Å². The van der Waals surface area contributed by atoms with Gasteiger partial charge in [-0.05, 0) is 23.6 Å². The quantitative estimate of drug-likeness (QED) is 0.539. The molecule has 1 aromatic heterocycles. The summed E-state index contributed by atoms with van der Waals surface area (Å²) in [7, 11) is 0. The van der Waals surface area contributed by atoms with Gasteiger partial charge in [0.15, 0.2) is 0 Å². The predicted octanol–water partition coefficient (Wildman–Crippen LogP) is 4.04. The monoisotopic (exact) mass is 264 g/mol. The summed E-state index contributed by atoms with van der Waals surface area (Å²) < 4.78 is 1.32. The van der Waals surface area contributed by atoms with Crippen molar-refractivity contribution in [3.05, 3.63) is 35.2 Å². The van der Waals surface area contributed by atoms with Gasteiger partial charge in [-0.2, -0.15) is 0 Å². The zero-order valence-electron chi connectivity index (χ0n) is 7.59. The van der Waals surface area contributed by atoms with Crippen molar-refractivity contribution in [1.82, 2.24) is 0 Å². The molecular formula is C12H9BrS. The Kier molecular flexibility index (Phi) is 3.23. The maximum atomic E-state index is 3.36. The van der Waals surface area contributed by atoms with Crippen LogP contribution in [0.1, 0.15) is 12.0 Å². The fraction of sp³-hybridized carbons (Fsp3) is 0.167. The van der Waals surface area contributed by atoms with Gasteiger partial charge in [0.05, 0.1) is 0 Å². The molecule has 0 spiro atoms. The minimum atomic E-state index is 0.903. The number of thiophene rings is 1. The lowest BCUT2D eigenvalue weighted by atomic mass is 10.1. The summed E-state index contributed by atoms with van der Waals surface area (Å²) >= 11 is 5.13. The van der Waals surface area contributed by atoms with Gasteiger partial charge in [0.1, 0.15) is 0 Å². The van der Waals surface area contributed by atoms with Crippen LogP contribution in [0.5, 0.6) is 0 Å². The molecule has 0 saturated heterocycles. The largest absolute Gasteiger partial charge is 0.144 e. The van der Waals surface area contributed by atoms with E-state index in [1.54, 1.807) is 11.3 Å². The third kappa shape index (κ3) is 2.00. The topological polar surface area (TPSA) is 0 Å². The van der Waals surface area contributed by atoms with Crippen LogP contribution in [0.3, 0.4) is 0 Å². The average molecular weight is 265 g/mol. The van der Waals surface area contributed by atoms with Gasteiger partial charge >= 0.3 is 0 Å². The molecule has 0 saturated carbocycles. The Morgan fingerprint density at radius 2 is 2.21 bits per heavy atom. The van der Waals surface area contributed by atoms with E-state index in [-0.39, 0.29) is 0 Å². The van der Waals surface area contributed by atoms with Crippen LogP contribution < -0.4 is 0 Å². The molecular weight excluding hydrogens is 256 g/mol. The number of benzene rings is 1. The van der Waals surface area contributed by atoms with E-state index < -0.39 is 0 Å². The smallest absolute Gasteiger partial charge is 0.0355 e. The molecule has 0 amide bonds. The average Bonchev–Trinajstić information content (AvgIpc) is 2.67. The molecule has 0 aliphatic rings. The fourth-order valence-electron chi connectivity index (χ4n) is 1.31. The van der Waals surface area contributed by atoms with Crippen molar-refractivity contribution in [2.24, 2.45) is 0 Å². The van der Waals surface area contributed by atoms with E-state index in [1.165, 1.54) is 10.1 Å². The van der Waals surface area contributed by atoms with Crippen molar-refractivity contribution in [2.45, 2.75) is 6.42 Å². The summed E-state index contributed by atoms with van der Waals surface area (Å²) in [6, 6.07) is 8.42. The zero-order valence-corrected chi connectivity index (χ0v) is 9.99. The van der Waals surface area contributed by atoms with Crippen LogP contribution >= 0.6 is 27.3 Å². The number of halogens is 1. The minimum absolute atomic E-state index is 0.903. The van der Waals surface area contributed by atoms with Gasteiger partial charge in [0.2, 0.25) is 0 Å². The summed E-state index contributed by atoms with van der Waals surface area (Å²) in [4.78, 5) is 0. The normalized spacial score (nSPS) is 9.79. The molecule has 0 radical (unpaired) electrons. The van der Waals surface area contributed by atoms with E-state index in [2.05, 4.69) is 57.4 Å². The number of rotatable bonds is 1. The van der Waals surface area contributed by atoms with Gasteiger partial charge in [0.25, 0.3) is 0 Å². The zero-order chi connectivity index (χ0) is 9.80. The van der Waals surface area contributed by atoms with Crippen LogP contribution in [0.25, 0.3) is 10.1 Å². The number of alkyl halides is 1. The SMILES string of the molecule is BrCCC#Cc1cccc2sccc12. The predicted molar refractivity (Wildman–Crippen MR) is 67.1 cm³/mol. The molecule has 70 valence electrons. The molecule has 1 heterocycles. The molecule has 14 heavy (non-hydrogen) atoms. The first-order chi connectivity index (χ1) is 6.92. The summed E-state index contributed by atoms with van der Waals surface area (Å²) in [5.74, 6) is 6.34. The second-order valence-electron chi connectivity index (χ2n) is 2.88. The molecule has 2 heteroatoms. The van der Waals surface area contributed by atoms with Gasteiger partial charge in [0, 0.05) is 27.4 Å². The van der Waals surface area contributed by atoms with Gasteiger partial charge < -0.3 is 0 Å². The van der Waals surface area contributed by atoms with Crippen molar-refractivity contribution in [3.8, 4) is 11.8 Å². The summed E-state index contributed by atoms with van der Waals surface area (Å²) in [6.45, 7) is 0. The molecule has 0 atom stereocenters. The molecule has 2 aromatic rings. The van der Waals surface area contributed by atoms with Crippen LogP contribution in [-0.2, 0) is 0 Å². The summed E-state index contributed by atoms with van der Waals surface area (Å²) in [5, 5.41) is 4.33. The maximum absolute atomic E-state index is 3.36. The minimum Gasteiger partial charge on any atom is -0.144 e. The third-order valence-electron chi connectivity index (χ3n) is 1.94. The number of hydrogen-bond acceptors (Lipinski definition) is 1.